The number of nitrogens with zero attached hydrogens (tertiary/aromatic N) is 6. The van der Waals surface area contributed by atoms with Gasteiger partial charge in [-0.3, -0.25) is 9.88 Å². The first-order chi connectivity index (χ1) is 13.1. The second kappa shape index (κ2) is 6.76. The van der Waals surface area contributed by atoms with Gasteiger partial charge in [0, 0.05) is 25.4 Å². The van der Waals surface area contributed by atoms with Gasteiger partial charge in [0.1, 0.15) is 11.8 Å². The first kappa shape index (κ1) is 17.1. The van der Waals surface area contributed by atoms with Crippen LogP contribution in [0.15, 0.2) is 36.5 Å². The van der Waals surface area contributed by atoms with E-state index in [0.29, 0.717) is 24.6 Å². The van der Waals surface area contributed by atoms with Crippen LogP contribution in [0.5, 0.6) is 0 Å². The highest BCUT2D eigenvalue weighted by Gasteiger charge is 2.32. The maximum Gasteiger partial charge on any atom is 0.414 e. The summed E-state index contributed by atoms with van der Waals surface area (Å²) in [5.74, 6) is 0.607. The molecule has 1 aromatic carbocycles. The molecule has 27 heavy (non-hydrogen) atoms. The first-order valence-corrected chi connectivity index (χ1v) is 8.55. The number of ether oxygens (including phenoxy) is 1. The maximum atomic E-state index is 12.0. The Labute approximate surface area is 155 Å². The molecule has 1 fully saturated rings. The summed E-state index contributed by atoms with van der Waals surface area (Å²) in [6.45, 7) is 2.75. The fourth-order valence-corrected chi connectivity index (χ4v) is 3.12. The summed E-state index contributed by atoms with van der Waals surface area (Å²) >= 11 is 0. The number of cyclic esters (lactones) is 1. The average Bonchev–Trinajstić information content (AvgIpc) is 3.27. The van der Waals surface area contributed by atoms with Gasteiger partial charge in [0.2, 0.25) is 0 Å². The number of aromatic nitrogens is 5. The number of anilines is 1. The third-order valence-corrected chi connectivity index (χ3v) is 4.57. The molecule has 1 amide bonds. The fraction of sp³-hybridized carbons (Fsp3) is 0.278. The summed E-state index contributed by atoms with van der Waals surface area (Å²) < 4.78 is 6.81. The lowest BCUT2D eigenvalue weighted by molar-refractivity contribution is 0.145. The molecule has 0 radical (unpaired) electrons. The van der Waals surface area contributed by atoms with E-state index in [2.05, 4.69) is 20.5 Å². The number of hydrogen-bond donors (Lipinski definition) is 1. The second-order valence-electron chi connectivity index (χ2n) is 6.41. The van der Waals surface area contributed by atoms with Gasteiger partial charge in [0.15, 0.2) is 5.82 Å². The largest absolute Gasteiger partial charge is 0.443 e. The topological polar surface area (TPSA) is 112 Å². The zero-order valence-electron chi connectivity index (χ0n) is 15.0. The van der Waals surface area contributed by atoms with E-state index in [1.807, 2.05) is 37.3 Å². The van der Waals surface area contributed by atoms with Crippen molar-refractivity contribution >= 4 is 11.8 Å². The van der Waals surface area contributed by atoms with Crippen LogP contribution in [-0.2, 0) is 11.8 Å². The van der Waals surface area contributed by atoms with Crippen LogP contribution in [0.1, 0.15) is 5.56 Å². The van der Waals surface area contributed by atoms with E-state index in [1.54, 1.807) is 22.8 Å². The number of tetrazole rings is 1. The third kappa shape index (κ3) is 3.13. The fourth-order valence-electron chi connectivity index (χ4n) is 3.12. The van der Waals surface area contributed by atoms with Gasteiger partial charge in [-0.25, -0.2) is 9.48 Å². The molecule has 0 aliphatic carbocycles. The van der Waals surface area contributed by atoms with Crippen molar-refractivity contribution in [2.75, 3.05) is 18.0 Å². The predicted molar refractivity (Wildman–Crippen MR) is 98.9 cm³/mol. The number of benzene rings is 1. The van der Waals surface area contributed by atoms with Gasteiger partial charge in [-0.2, -0.15) is 0 Å². The molecule has 1 aliphatic heterocycles. The van der Waals surface area contributed by atoms with Crippen LogP contribution in [0.4, 0.5) is 10.5 Å². The number of rotatable bonds is 4. The molecule has 0 bridgehead atoms. The minimum Gasteiger partial charge on any atom is -0.443 e. The van der Waals surface area contributed by atoms with E-state index in [0.717, 1.165) is 22.4 Å². The van der Waals surface area contributed by atoms with Gasteiger partial charge in [0.05, 0.1) is 12.2 Å². The van der Waals surface area contributed by atoms with Crippen LogP contribution in [0.25, 0.3) is 22.6 Å². The number of carbonyl (C=O) groups is 1. The Morgan fingerprint density at radius 2 is 2.07 bits per heavy atom. The monoisotopic (exact) mass is 365 g/mol. The van der Waals surface area contributed by atoms with Crippen LogP contribution in [-0.4, -0.2) is 50.5 Å². The Bertz CT molecular complexity index is 984. The van der Waals surface area contributed by atoms with Crippen molar-refractivity contribution in [2.24, 2.45) is 12.8 Å². The minimum absolute atomic E-state index is 0.261. The van der Waals surface area contributed by atoms with Crippen LogP contribution in [0, 0.1) is 6.92 Å². The lowest BCUT2D eigenvalue weighted by Crippen LogP contribution is -2.27. The van der Waals surface area contributed by atoms with Gasteiger partial charge < -0.3 is 10.5 Å². The zero-order chi connectivity index (χ0) is 19.0. The second-order valence-corrected chi connectivity index (χ2v) is 6.41. The average molecular weight is 365 g/mol. The molecule has 3 aromatic rings. The van der Waals surface area contributed by atoms with E-state index in [-0.39, 0.29) is 12.2 Å². The number of pyridine rings is 1. The molecule has 1 atom stereocenters. The molecule has 1 aliphatic rings. The molecule has 0 spiro atoms. The van der Waals surface area contributed by atoms with Crippen molar-refractivity contribution in [1.29, 1.82) is 0 Å². The van der Waals surface area contributed by atoms with Gasteiger partial charge in [0.25, 0.3) is 0 Å². The molecule has 9 nitrogen and oxygen atoms in total. The van der Waals surface area contributed by atoms with Crippen molar-refractivity contribution in [3.63, 3.8) is 0 Å². The van der Waals surface area contributed by atoms with E-state index < -0.39 is 0 Å². The number of hydrogen-bond acceptors (Lipinski definition) is 7. The van der Waals surface area contributed by atoms with E-state index >= 15 is 0 Å². The van der Waals surface area contributed by atoms with Crippen molar-refractivity contribution in [1.82, 2.24) is 25.2 Å². The Morgan fingerprint density at radius 1 is 1.26 bits per heavy atom. The number of nitrogens with two attached hydrogens (primary N) is 1. The first-order valence-electron chi connectivity index (χ1n) is 8.55. The lowest BCUT2D eigenvalue weighted by atomic mass is 10.0. The normalized spacial score (nSPS) is 16.6. The molecule has 9 heteroatoms. The van der Waals surface area contributed by atoms with Crippen molar-refractivity contribution in [3.8, 4) is 22.6 Å². The highest BCUT2D eigenvalue weighted by molar-refractivity contribution is 5.91. The maximum absolute atomic E-state index is 12.0. The molecule has 2 aromatic heterocycles. The summed E-state index contributed by atoms with van der Waals surface area (Å²) in [6, 6.07) is 9.77. The van der Waals surface area contributed by atoms with Crippen LogP contribution in [0.3, 0.4) is 0 Å². The molecule has 2 N–H and O–H groups in total. The van der Waals surface area contributed by atoms with E-state index in [9.17, 15) is 4.79 Å². The predicted octanol–water partition coefficient (Wildman–Crippen LogP) is 1.53. The summed E-state index contributed by atoms with van der Waals surface area (Å²) in [6.07, 6.45) is 1.17. The van der Waals surface area contributed by atoms with Gasteiger partial charge in [-0.05, 0) is 46.7 Å². The molecule has 138 valence electrons. The van der Waals surface area contributed by atoms with E-state index in [4.69, 9.17) is 10.5 Å². The molecule has 3 heterocycles. The van der Waals surface area contributed by atoms with Crippen molar-refractivity contribution in [2.45, 2.75) is 13.0 Å². The molecule has 0 unspecified atom stereocenters. The van der Waals surface area contributed by atoms with Gasteiger partial charge >= 0.3 is 6.09 Å². The quantitative estimate of drug-likeness (QED) is 0.746. The van der Waals surface area contributed by atoms with Crippen LogP contribution < -0.4 is 10.6 Å². The van der Waals surface area contributed by atoms with Crippen molar-refractivity contribution in [3.05, 3.63) is 42.1 Å². The summed E-state index contributed by atoms with van der Waals surface area (Å²) in [5.41, 5.74) is 10.1. The smallest absolute Gasteiger partial charge is 0.414 e. The van der Waals surface area contributed by atoms with E-state index in [1.165, 1.54) is 0 Å². The minimum atomic E-state index is -0.357. The SMILES string of the molecule is Cc1cc(-c2ccc(-c3nnnn3C)nc2)ccc1N1C[C@H](CN)OC1=O. The number of carbonyl (C=O) groups excluding carboxylic acids is 1. The van der Waals surface area contributed by atoms with Crippen molar-refractivity contribution < 1.29 is 9.53 Å². The number of aryl methyl sites for hydroxylation is 2. The molecular weight excluding hydrogens is 346 g/mol. The Morgan fingerprint density at radius 3 is 2.67 bits per heavy atom. The molecular formula is C18H19N7O2. The molecule has 4 rings (SSSR count). The Balaban J connectivity index is 1.59. The molecule has 1 saturated heterocycles. The summed E-state index contributed by atoms with van der Waals surface area (Å²) in [4.78, 5) is 18.1. The standard InChI is InChI=1S/C18H19N7O2/c1-11-7-12(4-6-16(11)25-10-14(8-19)27-18(25)26)13-3-5-15(20-9-13)17-21-22-23-24(17)2/h3-7,9,14H,8,10,19H2,1-2H3/t14-/m0/s1. The van der Waals surface area contributed by atoms with Crippen LogP contribution >= 0.6 is 0 Å². The van der Waals surface area contributed by atoms with Gasteiger partial charge in [-0.1, -0.05) is 12.1 Å². The summed E-state index contributed by atoms with van der Waals surface area (Å²) in [5, 5.41) is 11.4. The third-order valence-electron chi connectivity index (χ3n) is 4.57. The molecule has 0 saturated carbocycles. The summed E-state index contributed by atoms with van der Waals surface area (Å²) in [7, 11) is 1.77. The Hall–Kier alpha value is -3.33. The van der Waals surface area contributed by atoms with Gasteiger partial charge in [-0.15, -0.1) is 5.10 Å². The highest BCUT2D eigenvalue weighted by atomic mass is 16.6. The van der Waals surface area contributed by atoms with Crippen LogP contribution in [0.2, 0.25) is 0 Å². The number of amides is 1. The lowest BCUT2D eigenvalue weighted by Gasteiger charge is -2.17. The zero-order valence-corrected chi connectivity index (χ0v) is 15.0. The highest BCUT2D eigenvalue weighted by Crippen LogP contribution is 2.30. The Kier molecular flexibility index (Phi) is 4.28.